The molecule has 5 nitrogen and oxygen atoms in total. The van der Waals surface area contributed by atoms with E-state index < -0.39 is 0 Å². The number of hydrogen-bond donors (Lipinski definition) is 1. The number of carbonyl (C=O) groups excluding carboxylic acids is 1. The Labute approximate surface area is 134 Å². The molecule has 0 aliphatic rings. The number of nitrogens with one attached hydrogen (secondary N) is 1. The lowest BCUT2D eigenvalue weighted by atomic mass is 10.3. The Morgan fingerprint density at radius 1 is 1.33 bits per heavy atom. The van der Waals surface area contributed by atoms with Gasteiger partial charge < -0.3 is 9.47 Å². The summed E-state index contributed by atoms with van der Waals surface area (Å²) in [7, 11) is 1.55. The van der Waals surface area contributed by atoms with Crippen molar-refractivity contribution >= 4 is 39.4 Å². The van der Waals surface area contributed by atoms with Crippen LogP contribution in [0.25, 0.3) is 0 Å². The Balaban J connectivity index is 1.81. The number of benzene rings is 1. The summed E-state index contributed by atoms with van der Waals surface area (Å²) < 4.78 is 11.5. The van der Waals surface area contributed by atoms with Crippen LogP contribution in [0, 0.1) is 0 Å². The standard InChI is InChI=1S/C14H13BrN2O3S/c1-19-11-4-2-3-5-12(11)20-9-14(18)17-16-8-10-6-7-13(15)21-10/h2-8H,9H2,1H3,(H,17,18). The fourth-order valence-corrected chi connectivity index (χ4v) is 2.77. The fourth-order valence-electron chi connectivity index (χ4n) is 1.48. The monoisotopic (exact) mass is 368 g/mol. The van der Waals surface area contributed by atoms with Crippen molar-refractivity contribution < 1.29 is 14.3 Å². The highest BCUT2D eigenvalue weighted by Crippen LogP contribution is 2.25. The normalized spacial score (nSPS) is 10.6. The predicted octanol–water partition coefficient (Wildman–Crippen LogP) is 3.05. The van der Waals surface area contributed by atoms with Crippen LogP contribution in [0.3, 0.4) is 0 Å². The molecule has 0 unspecified atom stereocenters. The fraction of sp³-hybridized carbons (Fsp3) is 0.143. The van der Waals surface area contributed by atoms with E-state index in [4.69, 9.17) is 9.47 Å². The number of hydrazone groups is 1. The molecule has 2 rings (SSSR count). The van der Waals surface area contributed by atoms with Crippen molar-refractivity contribution in [1.29, 1.82) is 0 Å². The van der Waals surface area contributed by atoms with Gasteiger partial charge in [0.2, 0.25) is 0 Å². The maximum absolute atomic E-state index is 11.6. The van der Waals surface area contributed by atoms with Crippen molar-refractivity contribution in [2.75, 3.05) is 13.7 Å². The summed E-state index contributed by atoms with van der Waals surface area (Å²) in [5.74, 6) is 0.756. The lowest BCUT2D eigenvalue weighted by Crippen LogP contribution is -2.24. The molecule has 1 N–H and O–H groups in total. The molecule has 7 heteroatoms. The Bertz CT molecular complexity index is 643. The molecule has 110 valence electrons. The molecule has 2 aromatic rings. The number of carbonyl (C=O) groups is 1. The van der Waals surface area contributed by atoms with Gasteiger partial charge in [-0.15, -0.1) is 11.3 Å². The van der Waals surface area contributed by atoms with Crippen molar-refractivity contribution in [3.63, 3.8) is 0 Å². The maximum Gasteiger partial charge on any atom is 0.277 e. The number of para-hydroxylation sites is 2. The summed E-state index contributed by atoms with van der Waals surface area (Å²) in [6.45, 7) is -0.133. The number of hydrogen-bond acceptors (Lipinski definition) is 5. The van der Waals surface area contributed by atoms with E-state index in [2.05, 4.69) is 26.5 Å². The van der Waals surface area contributed by atoms with Crippen molar-refractivity contribution in [1.82, 2.24) is 5.43 Å². The molecule has 0 spiro atoms. The van der Waals surface area contributed by atoms with Crippen LogP contribution in [0.1, 0.15) is 4.88 Å². The van der Waals surface area contributed by atoms with Crippen LogP contribution in [0.15, 0.2) is 45.3 Å². The molecular weight excluding hydrogens is 356 g/mol. The van der Waals surface area contributed by atoms with Crippen LogP contribution >= 0.6 is 27.3 Å². The minimum absolute atomic E-state index is 0.133. The maximum atomic E-state index is 11.6. The van der Waals surface area contributed by atoms with Gasteiger partial charge in [0.25, 0.3) is 5.91 Å². The minimum atomic E-state index is -0.340. The van der Waals surface area contributed by atoms with E-state index in [0.717, 1.165) is 8.66 Å². The first kappa shape index (κ1) is 15.5. The first-order chi connectivity index (χ1) is 10.2. The average Bonchev–Trinajstić information content (AvgIpc) is 2.91. The number of nitrogens with zero attached hydrogens (tertiary/aromatic N) is 1. The van der Waals surface area contributed by atoms with Crippen LogP contribution in [0.4, 0.5) is 0 Å². The molecular formula is C14H13BrN2O3S. The van der Waals surface area contributed by atoms with E-state index in [1.54, 1.807) is 25.5 Å². The van der Waals surface area contributed by atoms with Crippen molar-refractivity contribution in [3.05, 3.63) is 45.1 Å². The van der Waals surface area contributed by atoms with Gasteiger partial charge in [-0.05, 0) is 40.2 Å². The third-order valence-corrected chi connectivity index (χ3v) is 3.96. The van der Waals surface area contributed by atoms with E-state index in [9.17, 15) is 4.79 Å². The first-order valence-electron chi connectivity index (χ1n) is 6.02. The molecule has 0 atom stereocenters. The Morgan fingerprint density at radius 2 is 2.10 bits per heavy atom. The average molecular weight is 369 g/mol. The SMILES string of the molecule is COc1ccccc1OCC(=O)NN=Cc1ccc(Br)s1. The van der Waals surface area contributed by atoms with Gasteiger partial charge in [0.05, 0.1) is 17.1 Å². The van der Waals surface area contributed by atoms with Gasteiger partial charge in [0.1, 0.15) is 0 Å². The Kier molecular flexibility index (Phi) is 5.77. The number of rotatable bonds is 6. The summed E-state index contributed by atoms with van der Waals surface area (Å²) in [5.41, 5.74) is 2.40. The zero-order chi connectivity index (χ0) is 15.1. The van der Waals surface area contributed by atoms with Crippen LogP contribution in [0.5, 0.6) is 11.5 Å². The Morgan fingerprint density at radius 3 is 2.76 bits per heavy atom. The van der Waals surface area contributed by atoms with E-state index in [1.165, 1.54) is 11.3 Å². The van der Waals surface area contributed by atoms with Crippen LogP contribution in [0.2, 0.25) is 0 Å². The first-order valence-corrected chi connectivity index (χ1v) is 7.63. The molecule has 0 aliphatic carbocycles. The summed E-state index contributed by atoms with van der Waals surface area (Å²) in [5, 5.41) is 3.86. The molecule has 1 aromatic carbocycles. The molecule has 1 heterocycles. The minimum Gasteiger partial charge on any atom is -0.493 e. The molecule has 0 fully saturated rings. The van der Waals surface area contributed by atoms with Gasteiger partial charge in [-0.3, -0.25) is 4.79 Å². The molecule has 0 radical (unpaired) electrons. The lowest BCUT2D eigenvalue weighted by Gasteiger charge is -2.08. The van der Waals surface area contributed by atoms with Gasteiger partial charge >= 0.3 is 0 Å². The highest BCUT2D eigenvalue weighted by molar-refractivity contribution is 9.11. The zero-order valence-corrected chi connectivity index (χ0v) is 13.6. The van der Waals surface area contributed by atoms with E-state index in [0.29, 0.717) is 11.5 Å². The zero-order valence-electron chi connectivity index (χ0n) is 11.2. The van der Waals surface area contributed by atoms with Crippen LogP contribution in [-0.2, 0) is 4.79 Å². The number of ether oxygens (including phenoxy) is 2. The van der Waals surface area contributed by atoms with Gasteiger partial charge in [-0.25, -0.2) is 5.43 Å². The van der Waals surface area contributed by atoms with Crippen molar-refractivity contribution in [3.8, 4) is 11.5 Å². The predicted molar refractivity (Wildman–Crippen MR) is 86.2 cm³/mol. The summed E-state index contributed by atoms with van der Waals surface area (Å²) in [6, 6.07) is 10.9. The van der Waals surface area contributed by atoms with E-state index in [-0.39, 0.29) is 12.5 Å². The van der Waals surface area contributed by atoms with Gasteiger partial charge in [-0.2, -0.15) is 5.10 Å². The quantitative estimate of drug-likeness (QED) is 0.629. The van der Waals surface area contributed by atoms with Crippen molar-refractivity contribution in [2.24, 2.45) is 5.10 Å². The molecule has 0 bridgehead atoms. The van der Waals surface area contributed by atoms with E-state index >= 15 is 0 Å². The molecule has 1 aromatic heterocycles. The number of methoxy groups -OCH3 is 1. The molecule has 0 saturated heterocycles. The van der Waals surface area contributed by atoms with Gasteiger partial charge in [0.15, 0.2) is 18.1 Å². The molecule has 21 heavy (non-hydrogen) atoms. The van der Waals surface area contributed by atoms with Crippen LogP contribution in [-0.4, -0.2) is 25.8 Å². The van der Waals surface area contributed by atoms with E-state index in [1.807, 2.05) is 24.3 Å². The van der Waals surface area contributed by atoms with Crippen molar-refractivity contribution in [2.45, 2.75) is 0 Å². The number of thiophene rings is 1. The second-order valence-electron chi connectivity index (χ2n) is 3.87. The molecule has 0 aliphatic heterocycles. The second-order valence-corrected chi connectivity index (χ2v) is 6.37. The molecule has 0 saturated carbocycles. The van der Waals surface area contributed by atoms with Gasteiger partial charge in [-0.1, -0.05) is 12.1 Å². The number of amides is 1. The van der Waals surface area contributed by atoms with Gasteiger partial charge in [0, 0.05) is 4.88 Å². The topological polar surface area (TPSA) is 59.9 Å². The van der Waals surface area contributed by atoms with Crippen LogP contribution < -0.4 is 14.9 Å². The third kappa shape index (κ3) is 4.87. The summed E-state index contributed by atoms with van der Waals surface area (Å²) in [6.07, 6.45) is 1.58. The summed E-state index contributed by atoms with van der Waals surface area (Å²) >= 11 is 4.88. The third-order valence-electron chi connectivity index (χ3n) is 2.40. The largest absolute Gasteiger partial charge is 0.493 e. The highest BCUT2D eigenvalue weighted by Gasteiger charge is 2.05. The second kappa shape index (κ2) is 7.80. The highest BCUT2D eigenvalue weighted by atomic mass is 79.9. The smallest absolute Gasteiger partial charge is 0.277 e. The lowest BCUT2D eigenvalue weighted by molar-refractivity contribution is -0.123. The number of halogens is 1. The molecule has 1 amide bonds. The Hall–Kier alpha value is -1.86. The summed E-state index contributed by atoms with van der Waals surface area (Å²) in [4.78, 5) is 12.6.